The first kappa shape index (κ1) is 12.5. The Kier molecular flexibility index (Phi) is 3.85. The number of carbonyl (C=O) groups excluding carboxylic acids is 1. The molecule has 4 heteroatoms. The second kappa shape index (κ2) is 5.56. The number of hydrogen-bond donors (Lipinski definition) is 0. The van der Waals surface area contributed by atoms with Crippen molar-refractivity contribution in [1.29, 1.82) is 0 Å². The molecule has 0 heterocycles. The van der Waals surface area contributed by atoms with Crippen molar-refractivity contribution in [2.75, 3.05) is 0 Å². The summed E-state index contributed by atoms with van der Waals surface area (Å²) in [6, 6.07) is 14.1. The summed E-state index contributed by atoms with van der Waals surface area (Å²) in [5.74, 6) is 0.0381. The third kappa shape index (κ3) is 3.25. The van der Waals surface area contributed by atoms with E-state index in [-0.39, 0.29) is 5.78 Å². The van der Waals surface area contributed by atoms with E-state index in [0.717, 1.165) is 5.69 Å². The van der Waals surface area contributed by atoms with Crippen molar-refractivity contribution in [3.05, 3.63) is 59.1 Å². The number of Topliss-reactive ketones (excluding diaryl/α,β-unsaturated/α-hetero) is 1. The molecule has 0 N–H and O–H groups in total. The average Bonchev–Trinajstić information content (AvgIpc) is 2.38. The third-order valence-corrected chi connectivity index (χ3v) is 2.63. The van der Waals surface area contributed by atoms with E-state index < -0.39 is 0 Å². The molecule has 0 atom stereocenters. The van der Waals surface area contributed by atoms with Gasteiger partial charge in [0.1, 0.15) is 0 Å². The van der Waals surface area contributed by atoms with Gasteiger partial charge in [0.05, 0.1) is 11.4 Å². The van der Waals surface area contributed by atoms with E-state index in [1.807, 2.05) is 0 Å². The Balaban J connectivity index is 2.13. The quantitative estimate of drug-likeness (QED) is 0.567. The van der Waals surface area contributed by atoms with E-state index in [4.69, 9.17) is 11.6 Å². The molecule has 0 aliphatic rings. The molecular formula is C14H11ClN2O. The summed E-state index contributed by atoms with van der Waals surface area (Å²) in [6.45, 7) is 1.53. The first-order chi connectivity index (χ1) is 8.65. The molecule has 0 radical (unpaired) electrons. The molecule has 0 fully saturated rings. The van der Waals surface area contributed by atoms with Crippen LogP contribution in [-0.2, 0) is 0 Å². The lowest BCUT2D eigenvalue weighted by molar-refractivity contribution is 0.101. The van der Waals surface area contributed by atoms with Crippen molar-refractivity contribution in [3.8, 4) is 0 Å². The highest BCUT2D eigenvalue weighted by molar-refractivity contribution is 6.30. The summed E-state index contributed by atoms with van der Waals surface area (Å²) in [4.78, 5) is 11.1. The molecule has 2 aromatic carbocycles. The van der Waals surface area contributed by atoms with Gasteiger partial charge in [0.15, 0.2) is 5.78 Å². The zero-order chi connectivity index (χ0) is 13.0. The molecule has 90 valence electrons. The zero-order valence-corrected chi connectivity index (χ0v) is 10.6. The fourth-order valence-electron chi connectivity index (χ4n) is 1.39. The second-order valence-electron chi connectivity index (χ2n) is 3.78. The molecule has 0 unspecified atom stereocenters. The van der Waals surface area contributed by atoms with Gasteiger partial charge in [-0.1, -0.05) is 11.6 Å². The first-order valence-electron chi connectivity index (χ1n) is 5.43. The van der Waals surface area contributed by atoms with Crippen LogP contribution in [0, 0.1) is 0 Å². The van der Waals surface area contributed by atoms with E-state index in [0.29, 0.717) is 16.3 Å². The number of hydrogen-bond acceptors (Lipinski definition) is 3. The molecule has 2 rings (SSSR count). The maximum Gasteiger partial charge on any atom is 0.159 e. The Bertz CT molecular complexity index is 574. The molecule has 0 saturated carbocycles. The normalized spacial score (nSPS) is 10.8. The number of halogens is 1. The van der Waals surface area contributed by atoms with Crippen LogP contribution < -0.4 is 0 Å². The lowest BCUT2D eigenvalue weighted by atomic mass is 10.1. The van der Waals surface area contributed by atoms with Crippen LogP contribution in [0.25, 0.3) is 0 Å². The molecule has 3 nitrogen and oxygen atoms in total. The molecule has 0 spiro atoms. The van der Waals surface area contributed by atoms with Gasteiger partial charge in [0.25, 0.3) is 0 Å². The zero-order valence-electron chi connectivity index (χ0n) is 9.80. The van der Waals surface area contributed by atoms with Crippen LogP contribution in [-0.4, -0.2) is 5.78 Å². The van der Waals surface area contributed by atoms with Gasteiger partial charge in [0.2, 0.25) is 0 Å². The minimum Gasteiger partial charge on any atom is -0.295 e. The van der Waals surface area contributed by atoms with Gasteiger partial charge >= 0.3 is 0 Å². The number of carbonyl (C=O) groups is 1. The fourth-order valence-corrected chi connectivity index (χ4v) is 1.51. The standard InChI is InChI=1S/C14H11ClN2O/c1-10(18)11-2-6-13(7-3-11)16-17-14-8-4-12(15)5-9-14/h2-9H,1H3. The SMILES string of the molecule is CC(=O)c1ccc(N=Nc2ccc(Cl)cc2)cc1. The molecule has 0 bridgehead atoms. The highest BCUT2D eigenvalue weighted by Crippen LogP contribution is 2.20. The highest BCUT2D eigenvalue weighted by Gasteiger charge is 1.98. The van der Waals surface area contributed by atoms with Crippen LogP contribution in [0.4, 0.5) is 11.4 Å². The summed E-state index contributed by atoms with van der Waals surface area (Å²) in [7, 11) is 0. The van der Waals surface area contributed by atoms with E-state index in [9.17, 15) is 4.79 Å². The molecule has 2 aromatic rings. The lowest BCUT2D eigenvalue weighted by Crippen LogP contribution is -1.89. The Hall–Kier alpha value is -2.00. The molecule has 18 heavy (non-hydrogen) atoms. The fraction of sp³-hybridized carbons (Fsp3) is 0.0714. The smallest absolute Gasteiger partial charge is 0.159 e. The van der Waals surface area contributed by atoms with Crippen molar-refractivity contribution in [2.45, 2.75) is 6.92 Å². The van der Waals surface area contributed by atoms with Crippen LogP contribution in [0.3, 0.4) is 0 Å². The largest absolute Gasteiger partial charge is 0.295 e. The second-order valence-corrected chi connectivity index (χ2v) is 4.22. The maximum absolute atomic E-state index is 11.1. The molecule has 0 saturated heterocycles. The monoisotopic (exact) mass is 258 g/mol. The topological polar surface area (TPSA) is 41.8 Å². The maximum atomic E-state index is 11.1. The first-order valence-corrected chi connectivity index (χ1v) is 5.81. The predicted molar refractivity (Wildman–Crippen MR) is 72.1 cm³/mol. The van der Waals surface area contributed by atoms with Crippen molar-refractivity contribution in [2.24, 2.45) is 10.2 Å². The predicted octanol–water partition coefficient (Wildman–Crippen LogP) is 4.96. The molecule has 0 aromatic heterocycles. The average molecular weight is 259 g/mol. The van der Waals surface area contributed by atoms with Gasteiger partial charge in [0, 0.05) is 10.6 Å². The third-order valence-electron chi connectivity index (χ3n) is 2.38. The van der Waals surface area contributed by atoms with Crippen molar-refractivity contribution in [1.82, 2.24) is 0 Å². The van der Waals surface area contributed by atoms with Crippen LogP contribution in [0.1, 0.15) is 17.3 Å². The molecular weight excluding hydrogens is 248 g/mol. The minimum absolute atomic E-state index is 0.0381. The Labute approximate surface area is 110 Å². The van der Waals surface area contributed by atoms with Crippen molar-refractivity contribution in [3.63, 3.8) is 0 Å². The number of rotatable bonds is 3. The van der Waals surface area contributed by atoms with Crippen LogP contribution >= 0.6 is 11.6 Å². The Morgan fingerprint density at radius 3 is 1.78 bits per heavy atom. The van der Waals surface area contributed by atoms with Crippen LogP contribution in [0.2, 0.25) is 5.02 Å². The molecule has 0 aliphatic heterocycles. The molecule has 0 amide bonds. The minimum atomic E-state index is 0.0381. The van der Waals surface area contributed by atoms with E-state index in [2.05, 4.69) is 10.2 Å². The van der Waals surface area contributed by atoms with Gasteiger partial charge in [-0.25, -0.2) is 0 Å². The van der Waals surface area contributed by atoms with Crippen molar-refractivity contribution >= 4 is 28.8 Å². The van der Waals surface area contributed by atoms with Gasteiger partial charge < -0.3 is 0 Å². The van der Waals surface area contributed by atoms with E-state index >= 15 is 0 Å². The van der Waals surface area contributed by atoms with Gasteiger partial charge in [-0.3, -0.25) is 4.79 Å². The Morgan fingerprint density at radius 1 is 0.889 bits per heavy atom. The number of ketones is 1. The summed E-state index contributed by atoms with van der Waals surface area (Å²) in [5.41, 5.74) is 2.10. The highest BCUT2D eigenvalue weighted by atomic mass is 35.5. The lowest BCUT2D eigenvalue weighted by Gasteiger charge is -1.96. The van der Waals surface area contributed by atoms with Gasteiger partial charge in [-0.15, -0.1) is 0 Å². The summed E-state index contributed by atoms with van der Waals surface area (Å²) in [6.07, 6.45) is 0. The van der Waals surface area contributed by atoms with Crippen LogP contribution in [0.15, 0.2) is 58.8 Å². The number of nitrogens with zero attached hydrogens (tertiary/aromatic N) is 2. The summed E-state index contributed by atoms with van der Waals surface area (Å²) >= 11 is 5.77. The van der Waals surface area contributed by atoms with Gasteiger partial charge in [-0.2, -0.15) is 10.2 Å². The summed E-state index contributed by atoms with van der Waals surface area (Å²) in [5, 5.41) is 8.82. The van der Waals surface area contributed by atoms with Crippen molar-refractivity contribution < 1.29 is 4.79 Å². The van der Waals surface area contributed by atoms with Crippen LogP contribution in [0.5, 0.6) is 0 Å². The Morgan fingerprint density at radius 2 is 1.33 bits per heavy atom. The number of benzene rings is 2. The van der Waals surface area contributed by atoms with Gasteiger partial charge in [-0.05, 0) is 55.5 Å². The molecule has 0 aliphatic carbocycles. The summed E-state index contributed by atoms with van der Waals surface area (Å²) < 4.78 is 0. The number of azo groups is 1. The van der Waals surface area contributed by atoms with E-state index in [1.54, 1.807) is 48.5 Å². The van der Waals surface area contributed by atoms with E-state index in [1.165, 1.54) is 6.92 Å².